The zero-order valence-corrected chi connectivity index (χ0v) is 10.6. The topological polar surface area (TPSA) is 64.3 Å². The van der Waals surface area contributed by atoms with Gasteiger partial charge in [-0.2, -0.15) is 0 Å². The van der Waals surface area contributed by atoms with Gasteiger partial charge in [0.1, 0.15) is 5.60 Å². The van der Waals surface area contributed by atoms with Crippen LogP contribution in [0.2, 0.25) is 0 Å². The lowest BCUT2D eigenvalue weighted by Crippen LogP contribution is -2.47. The summed E-state index contributed by atoms with van der Waals surface area (Å²) in [6.07, 6.45) is 2.69. The largest absolute Gasteiger partial charge is 0.365 e. The van der Waals surface area contributed by atoms with E-state index in [9.17, 15) is 4.79 Å². The predicted molar refractivity (Wildman–Crippen MR) is 64.1 cm³/mol. The van der Waals surface area contributed by atoms with E-state index in [4.69, 9.17) is 10.5 Å². The summed E-state index contributed by atoms with van der Waals surface area (Å²) < 4.78 is 5.49. The van der Waals surface area contributed by atoms with Gasteiger partial charge in [-0.05, 0) is 38.1 Å². The number of carbonyl (C=O) groups excluding carboxylic acids is 1. The van der Waals surface area contributed by atoms with Crippen molar-refractivity contribution in [2.24, 2.45) is 11.1 Å². The van der Waals surface area contributed by atoms with Gasteiger partial charge in [-0.3, -0.25) is 4.79 Å². The molecule has 0 aliphatic carbocycles. The Bertz CT molecular complexity index is 245. The van der Waals surface area contributed by atoms with Gasteiger partial charge in [-0.25, -0.2) is 0 Å². The van der Waals surface area contributed by atoms with E-state index < -0.39 is 5.60 Å². The van der Waals surface area contributed by atoms with Crippen molar-refractivity contribution in [3.63, 3.8) is 0 Å². The first-order chi connectivity index (χ1) is 7.40. The molecule has 1 heterocycles. The van der Waals surface area contributed by atoms with Crippen molar-refractivity contribution in [3.05, 3.63) is 0 Å². The Morgan fingerprint density at radius 3 is 2.75 bits per heavy atom. The SMILES string of the molecule is CC(C)(CCN)CNC(=O)C1(C)CCCO1. The Kier molecular flexibility index (Phi) is 4.33. The minimum absolute atomic E-state index is 0.00935. The second-order valence-electron chi connectivity index (χ2n) is 5.57. The van der Waals surface area contributed by atoms with Crippen LogP contribution in [0.5, 0.6) is 0 Å². The second-order valence-corrected chi connectivity index (χ2v) is 5.57. The van der Waals surface area contributed by atoms with E-state index in [1.165, 1.54) is 0 Å². The maximum atomic E-state index is 12.0. The number of carbonyl (C=O) groups is 1. The van der Waals surface area contributed by atoms with Crippen LogP contribution in [-0.2, 0) is 9.53 Å². The maximum absolute atomic E-state index is 12.0. The van der Waals surface area contributed by atoms with Gasteiger partial charge >= 0.3 is 0 Å². The van der Waals surface area contributed by atoms with Crippen molar-refractivity contribution in [1.29, 1.82) is 0 Å². The average molecular weight is 228 g/mol. The van der Waals surface area contributed by atoms with Crippen LogP contribution in [0.15, 0.2) is 0 Å². The van der Waals surface area contributed by atoms with Gasteiger partial charge in [0, 0.05) is 13.2 Å². The Morgan fingerprint density at radius 1 is 1.56 bits per heavy atom. The van der Waals surface area contributed by atoms with Crippen LogP contribution in [0.3, 0.4) is 0 Å². The minimum atomic E-state index is -0.612. The molecule has 1 rings (SSSR count). The summed E-state index contributed by atoms with van der Waals surface area (Å²) >= 11 is 0. The Balaban J connectivity index is 2.40. The molecular weight excluding hydrogens is 204 g/mol. The van der Waals surface area contributed by atoms with Crippen LogP contribution < -0.4 is 11.1 Å². The molecule has 1 aliphatic heterocycles. The molecule has 0 aromatic carbocycles. The van der Waals surface area contributed by atoms with Gasteiger partial charge in [-0.1, -0.05) is 13.8 Å². The Morgan fingerprint density at radius 2 is 2.25 bits per heavy atom. The molecule has 16 heavy (non-hydrogen) atoms. The maximum Gasteiger partial charge on any atom is 0.251 e. The van der Waals surface area contributed by atoms with E-state index >= 15 is 0 Å². The highest BCUT2D eigenvalue weighted by molar-refractivity contribution is 5.85. The third-order valence-electron chi connectivity index (χ3n) is 3.25. The van der Waals surface area contributed by atoms with E-state index in [1.54, 1.807) is 0 Å². The predicted octanol–water partition coefficient (Wildman–Crippen LogP) is 1.05. The fourth-order valence-electron chi connectivity index (χ4n) is 1.94. The molecule has 0 aromatic heterocycles. The van der Waals surface area contributed by atoms with Gasteiger partial charge in [0.25, 0.3) is 5.91 Å². The molecule has 1 saturated heterocycles. The summed E-state index contributed by atoms with van der Waals surface area (Å²) in [5, 5.41) is 2.97. The number of amides is 1. The van der Waals surface area contributed by atoms with E-state index in [-0.39, 0.29) is 11.3 Å². The van der Waals surface area contributed by atoms with Crippen molar-refractivity contribution in [3.8, 4) is 0 Å². The summed E-state index contributed by atoms with van der Waals surface area (Å²) in [5.41, 5.74) is 4.97. The molecule has 3 N–H and O–H groups in total. The lowest BCUT2D eigenvalue weighted by atomic mass is 9.89. The number of nitrogens with two attached hydrogens (primary N) is 1. The average Bonchev–Trinajstić information content (AvgIpc) is 2.63. The molecule has 1 aliphatic rings. The number of hydrogen-bond donors (Lipinski definition) is 2. The van der Waals surface area contributed by atoms with Crippen molar-refractivity contribution >= 4 is 5.91 Å². The number of nitrogens with one attached hydrogen (secondary N) is 1. The van der Waals surface area contributed by atoms with Crippen LogP contribution in [0.1, 0.15) is 40.0 Å². The quantitative estimate of drug-likeness (QED) is 0.739. The fraction of sp³-hybridized carbons (Fsp3) is 0.917. The fourth-order valence-corrected chi connectivity index (χ4v) is 1.94. The summed E-state index contributed by atoms with van der Waals surface area (Å²) in [7, 11) is 0. The molecule has 1 amide bonds. The molecule has 0 saturated carbocycles. The normalized spacial score (nSPS) is 25.8. The van der Waals surface area contributed by atoms with Crippen molar-refractivity contribution in [2.75, 3.05) is 19.7 Å². The molecule has 0 aromatic rings. The van der Waals surface area contributed by atoms with Gasteiger partial charge in [0.15, 0.2) is 0 Å². The van der Waals surface area contributed by atoms with Crippen LogP contribution in [-0.4, -0.2) is 31.2 Å². The van der Waals surface area contributed by atoms with E-state index in [1.807, 2.05) is 6.92 Å². The summed E-state index contributed by atoms with van der Waals surface area (Å²) in [5.74, 6) is 0.00935. The monoisotopic (exact) mass is 228 g/mol. The molecule has 0 spiro atoms. The zero-order valence-electron chi connectivity index (χ0n) is 10.6. The third-order valence-corrected chi connectivity index (χ3v) is 3.25. The molecular formula is C12H24N2O2. The summed E-state index contributed by atoms with van der Waals surface area (Å²) in [4.78, 5) is 12.0. The number of hydrogen-bond acceptors (Lipinski definition) is 3. The molecule has 1 atom stereocenters. The van der Waals surface area contributed by atoms with Crippen molar-refractivity contribution in [1.82, 2.24) is 5.32 Å². The lowest BCUT2D eigenvalue weighted by molar-refractivity contribution is -0.140. The van der Waals surface area contributed by atoms with Gasteiger partial charge < -0.3 is 15.8 Å². The van der Waals surface area contributed by atoms with Crippen LogP contribution >= 0.6 is 0 Å². The molecule has 94 valence electrons. The molecule has 4 nitrogen and oxygen atoms in total. The Hall–Kier alpha value is -0.610. The van der Waals surface area contributed by atoms with Gasteiger partial charge in [0.05, 0.1) is 0 Å². The van der Waals surface area contributed by atoms with Gasteiger partial charge in [-0.15, -0.1) is 0 Å². The highest BCUT2D eigenvalue weighted by Crippen LogP contribution is 2.25. The number of rotatable bonds is 5. The number of ether oxygens (including phenoxy) is 1. The molecule has 1 unspecified atom stereocenters. The van der Waals surface area contributed by atoms with Crippen molar-refractivity contribution < 1.29 is 9.53 Å². The van der Waals surface area contributed by atoms with E-state index in [2.05, 4.69) is 19.2 Å². The minimum Gasteiger partial charge on any atom is -0.365 e. The van der Waals surface area contributed by atoms with Crippen LogP contribution in [0, 0.1) is 5.41 Å². The smallest absolute Gasteiger partial charge is 0.251 e. The first-order valence-electron chi connectivity index (χ1n) is 6.02. The van der Waals surface area contributed by atoms with Crippen molar-refractivity contribution in [2.45, 2.75) is 45.6 Å². The molecule has 0 radical (unpaired) electrons. The lowest BCUT2D eigenvalue weighted by Gasteiger charge is -2.28. The van der Waals surface area contributed by atoms with E-state index in [0.717, 1.165) is 19.3 Å². The molecule has 4 heteroatoms. The molecule has 1 fully saturated rings. The summed E-state index contributed by atoms with van der Waals surface area (Å²) in [6, 6.07) is 0. The standard InChI is InChI=1S/C12H24N2O2/c1-11(2,6-7-13)9-14-10(15)12(3)5-4-8-16-12/h4-9,13H2,1-3H3,(H,14,15). The highest BCUT2D eigenvalue weighted by atomic mass is 16.5. The first-order valence-corrected chi connectivity index (χ1v) is 6.02. The van der Waals surface area contributed by atoms with Crippen LogP contribution in [0.25, 0.3) is 0 Å². The summed E-state index contributed by atoms with van der Waals surface area (Å²) in [6.45, 7) is 8.08. The Labute approximate surface area is 97.9 Å². The second kappa shape index (κ2) is 5.15. The highest BCUT2D eigenvalue weighted by Gasteiger charge is 2.38. The van der Waals surface area contributed by atoms with Crippen LogP contribution in [0.4, 0.5) is 0 Å². The third kappa shape index (κ3) is 3.46. The van der Waals surface area contributed by atoms with E-state index in [0.29, 0.717) is 19.7 Å². The zero-order chi connectivity index (χ0) is 12.2. The molecule has 0 bridgehead atoms. The van der Waals surface area contributed by atoms with Gasteiger partial charge in [0.2, 0.25) is 0 Å². The first kappa shape index (κ1) is 13.5.